The molecule has 0 N–H and O–H groups in total. The number of aromatic nitrogens is 1. The van der Waals surface area contributed by atoms with Gasteiger partial charge >= 0.3 is 0 Å². The van der Waals surface area contributed by atoms with Crippen LogP contribution in [0.5, 0.6) is 0 Å². The van der Waals surface area contributed by atoms with Crippen LogP contribution >= 0.6 is 0 Å². The van der Waals surface area contributed by atoms with Crippen LogP contribution in [-0.2, 0) is 6.54 Å². The molecule has 100 valence electrons. The maximum atomic E-state index is 11.5. The third kappa shape index (κ3) is 3.22. The van der Waals surface area contributed by atoms with Gasteiger partial charge in [-0.1, -0.05) is 6.92 Å². The van der Waals surface area contributed by atoms with E-state index in [1.54, 1.807) is 18.5 Å². The minimum Gasteiger partial charge on any atom is -0.467 e. The lowest BCUT2D eigenvalue weighted by atomic mass is 10.2. The van der Waals surface area contributed by atoms with Gasteiger partial charge < -0.3 is 9.32 Å². The smallest absolute Gasteiger partial charge is 0.180 e. The number of Topliss-reactive ketones (excluding diaryl/α,β-unsaturated/α-hetero) is 1. The lowest BCUT2D eigenvalue weighted by Gasteiger charge is -2.21. The van der Waals surface area contributed by atoms with Crippen LogP contribution in [0.4, 0.5) is 5.69 Å². The molecule has 4 nitrogen and oxygen atoms in total. The first-order chi connectivity index (χ1) is 9.24. The average Bonchev–Trinajstić information content (AvgIpc) is 2.97. The van der Waals surface area contributed by atoms with Gasteiger partial charge in [-0.2, -0.15) is 0 Å². The molecule has 0 aliphatic rings. The number of furan rings is 1. The first-order valence-corrected chi connectivity index (χ1v) is 6.51. The van der Waals surface area contributed by atoms with Crippen LogP contribution in [0.1, 0.15) is 36.5 Å². The Balaban J connectivity index is 2.12. The summed E-state index contributed by atoms with van der Waals surface area (Å²) in [6, 6.07) is 7.55. The minimum atomic E-state index is 0.0700. The Morgan fingerprint density at radius 2 is 2.16 bits per heavy atom. The van der Waals surface area contributed by atoms with Crippen molar-refractivity contribution in [2.24, 2.45) is 0 Å². The topological polar surface area (TPSA) is 46.3 Å². The summed E-state index contributed by atoms with van der Waals surface area (Å²) in [4.78, 5) is 17.9. The molecule has 2 heterocycles. The Hall–Kier alpha value is -2.10. The summed E-state index contributed by atoms with van der Waals surface area (Å²) < 4.78 is 5.35. The van der Waals surface area contributed by atoms with Crippen molar-refractivity contribution in [3.63, 3.8) is 0 Å². The highest BCUT2D eigenvalue weighted by atomic mass is 16.3. The Kier molecular flexibility index (Phi) is 4.34. The molecule has 0 aromatic carbocycles. The van der Waals surface area contributed by atoms with E-state index in [1.165, 1.54) is 0 Å². The van der Waals surface area contributed by atoms with Gasteiger partial charge in [0.05, 0.1) is 24.7 Å². The molecule has 19 heavy (non-hydrogen) atoms. The Bertz CT molecular complexity index is 518. The van der Waals surface area contributed by atoms with Gasteiger partial charge in [0.25, 0.3) is 0 Å². The summed E-state index contributed by atoms with van der Waals surface area (Å²) in [6.45, 7) is 5.47. The van der Waals surface area contributed by atoms with Crippen molar-refractivity contribution in [2.45, 2.75) is 26.8 Å². The molecular weight excluding hydrogens is 240 g/mol. The van der Waals surface area contributed by atoms with Crippen LogP contribution in [0.3, 0.4) is 0 Å². The maximum absolute atomic E-state index is 11.5. The standard InChI is InChI=1S/C15H18N2O2/c1-3-15(18)14-8-7-12(10-16-14)17(4-2)11-13-6-5-9-19-13/h5-10H,3-4,11H2,1-2H3. The molecular formula is C15H18N2O2. The van der Waals surface area contributed by atoms with Crippen molar-refractivity contribution >= 4 is 11.5 Å². The van der Waals surface area contributed by atoms with Crippen molar-refractivity contribution in [2.75, 3.05) is 11.4 Å². The molecule has 4 heteroatoms. The van der Waals surface area contributed by atoms with Crippen LogP contribution in [-0.4, -0.2) is 17.3 Å². The van der Waals surface area contributed by atoms with Crippen LogP contribution in [0.2, 0.25) is 0 Å². The van der Waals surface area contributed by atoms with E-state index in [4.69, 9.17) is 4.42 Å². The Labute approximate surface area is 113 Å². The quantitative estimate of drug-likeness (QED) is 0.746. The van der Waals surface area contributed by atoms with Crippen molar-refractivity contribution in [3.8, 4) is 0 Å². The molecule has 2 aromatic rings. The molecule has 0 radical (unpaired) electrons. The average molecular weight is 258 g/mol. The Morgan fingerprint density at radius 1 is 1.32 bits per heavy atom. The van der Waals surface area contributed by atoms with Gasteiger partial charge in [-0.15, -0.1) is 0 Å². The zero-order valence-corrected chi connectivity index (χ0v) is 11.3. The maximum Gasteiger partial charge on any atom is 0.180 e. The van der Waals surface area contributed by atoms with E-state index < -0.39 is 0 Å². The summed E-state index contributed by atoms with van der Waals surface area (Å²) in [7, 11) is 0. The van der Waals surface area contributed by atoms with E-state index in [-0.39, 0.29) is 5.78 Å². The van der Waals surface area contributed by atoms with Gasteiger partial charge in [-0.05, 0) is 31.2 Å². The summed E-state index contributed by atoms with van der Waals surface area (Å²) in [5.74, 6) is 0.983. The van der Waals surface area contributed by atoms with E-state index in [2.05, 4.69) is 16.8 Å². The molecule has 0 spiro atoms. The van der Waals surface area contributed by atoms with E-state index in [9.17, 15) is 4.79 Å². The molecule has 0 atom stereocenters. The first kappa shape index (κ1) is 13.3. The highest BCUT2D eigenvalue weighted by molar-refractivity contribution is 5.94. The molecule has 0 fully saturated rings. The number of hydrogen-bond donors (Lipinski definition) is 0. The van der Waals surface area contributed by atoms with Crippen LogP contribution in [0.15, 0.2) is 41.1 Å². The van der Waals surface area contributed by atoms with E-state index >= 15 is 0 Å². The molecule has 0 aliphatic heterocycles. The number of carbonyl (C=O) groups excluding carboxylic acids is 1. The molecule has 0 amide bonds. The van der Waals surface area contributed by atoms with E-state index in [1.807, 2.05) is 25.1 Å². The fourth-order valence-electron chi connectivity index (χ4n) is 1.90. The summed E-state index contributed by atoms with van der Waals surface area (Å²) in [5, 5.41) is 0. The van der Waals surface area contributed by atoms with Crippen molar-refractivity contribution < 1.29 is 9.21 Å². The number of ketones is 1. The van der Waals surface area contributed by atoms with Crippen LogP contribution in [0.25, 0.3) is 0 Å². The van der Waals surface area contributed by atoms with Gasteiger partial charge in [0, 0.05) is 13.0 Å². The van der Waals surface area contributed by atoms with Crippen LogP contribution in [0, 0.1) is 0 Å². The third-order valence-electron chi connectivity index (χ3n) is 3.03. The number of hydrogen-bond acceptors (Lipinski definition) is 4. The monoisotopic (exact) mass is 258 g/mol. The SMILES string of the molecule is CCC(=O)c1ccc(N(CC)Cc2ccco2)cn1. The summed E-state index contributed by atoms with van der Waals surface area (Å²) in [6.07, 6.45) is 3.90. The molecule has 2 rings (SSSR count). The molecule has 0 bridgehead atoms. The lowest BCUT2D eigenvalue weighted by molar-refractivity contribution is 0.0983. The van der Waals surface area contributed by atoms with E-state index in [0.29, 0.717) is 18.7 Å². The highest BCUT2D eigenvalue weighted by Gasteiger charge is 2.09. The molecule has 0 unspecified atom stereocenters. The predicted octanol–water partition coefficient (Wildman–Crippen LogP) is 3.29. The van der Waals surface area contributed by atoms with Gasteiger partial charge in [0.2, 0.25) is 0 Å². The van der Waals surface area contributed by atoms with Gasteiger partial charge in [-0.3, -0.25) is 9.78 Å². The van der Waals surface area contributed by atoms with Crippen molar-refractivity contribution in [1.29, 1.82) is 0 Å². The number of rotatable bonds is 6. The normalized spacial score (nSPS) is 10.4. The second-order valence-corrected chi connectivity index (χ2v) is 4.27. The number of pyridine rings is 1. The second kappa shape index (κ2) is 6.18. The number of carbonyl (C=O) groups is 1. The van der Waals surface area contributed by atoms with Crippen LogP contribution < -0.4 is 4.90 Å². The predicted molar refractivity (Wildman–Crippen MR) is 74.3 cm³/mol. The van der Waals surface area contributed by atoms with Gasteiger partial charge in [0.15, 0.2) is 5.78 Å². The largest absolute Gasteiger partial charge is 0.467 e. The summed E-state index contributed by atoms with van der Waals surface area (Å²) >= 11 is 0. The molecule has 0 aliphatic carbocycles. The minimum absolute atomic E-state index is 0.0700. The number of anilines is 1. The zero-order chi connectivity index (χ0) is 13.7. The zero-order valence-electron chi connectivity index (χ0n) is 11.3. The van der Waals surface area contributed by atoms with Crippen molar-refractivity contribution in [3.05, 3.63) is 48.2 Å². The molecule has 0 saturated carbocycles. The van der Waals surface area contributed by atoms with E-state index in [0.717, 1.165) is 18.0 Å². The second-order valence-electron chi connectivity index (χ2n) is 4.27. The van der Waals surface area contributed by atoms with Gasteiger partial charge in [0.1, 0.15) is 11.5 Å². The molecule has 0 saturated heterocycles. The van der Waals surface area contributed by atoms with Crippen molar-refractivity contribution in [1.82, 2.24) is 4.98 Å². The number of nitrogens with zero attached hydrogens (tertiary/aromatic N) is 2. The van der Waals surface area contributed by atoms with Gasteiger partial charge in [-0.25, -0.2) is 0 Å². The first-order valence-electron chi connectivity index (χ1n) is 6.51. The lowest BCUT2D eigenvalue weighted by Crippen LogP contribution is -2.22. The highest BCUT2D eigenvalue weighted by Crippen LogP contribution is 2.17. The molecule has 2 aromatic heterocycles. The fourth-order valence-corrected chi connectivity index (χ4v) is 1.90. The fraction of sp³-hybridized carbons (Fsp3) is 0.333. The summed E-state index contributed by atoms with van der Waals surface area (Å²) in [5.41, 5.74) is 1.52. The Morgan fingerprint density at radius 3 is 2.68 bits per heavy atom. The third-order valence-corrected chi connectivity index (χ3v) is 3.03.